The number of hydrogen-bond acceptors (Lipinski definition) is 4. The van der Waals surface area contributed by atoms with E-state index in [1.54, 1.807) is 32.9 Å². The summed E-state index contributed by atoms with van der Waals surface area (Å²) in [5.41, 5.74) is 7.76. The SMILES string of the molecule is CC(C)(C)OC(=O)ONC(N)=Nc1ccccc1. The second kappa shape index (κ2) is 5.90. The number of rotatable bonds is 1. The summed E-state index contributed by atoms with van der Waals surface area (Å²) in [7, 11) is 0. The summed E-state index contributed by atoms with van der Waals surface area (Å²) >= 11 is 0. The molecule has 0 atom stereocenters. The van der Waals surface area contributed by atoms with E-state index in [1.165, 1.54) is 0 Å². The first-order valence-electron chi connectivity index (χ1n) is 5.42. The Morgan fingerprint density at radius 1 is 1.28 bits per heavy atom. The molecule has 0 unspecified atom stereocenters. The Bertz CT molecular complexity index is 424. The van der Waals surface area contributed by atoms with E-state index >= 15 is 0 Å². The molecule has 0 radical (unpaired) electrons. The van der Waals surface area contributed by atoms with E-state index in [4.69, 9.17) is 10.5 Å². The zero-order chi connectivity index (χ0) is 13.6. The minimum absolute atomic E-state index is 0.0351. The highest BCUT2D eigenvalue weighted by Crippen LogP contribution is 2.09. The number of carbonyl (C=O) groups is 1. The molecule has 0 spiro atoms. The van der Waals surface area contributed by atoms with Crippen LogP contribution in [0.5, 0.6) is 0 Å². The van der Waals surface area contributed by atoms with Gasteiger partial charge in [-0.1, -0.05) is 18.2 Å². The van der Waals surface area contributed by atoms with Gasteiger partial charge >= 0.3 is 6.16 Å². The molecule has 0 heterocycles. The molecule has 6 nitrogen and oxygen atoms in total. The van der Waals surface area contributed by atoms with Gasteiger partial charge in [0.15, 0.2) is 0 Å². The third kappa shape index (κ3) is 5.74. The molecule has 0 saturated carbocycles. The maximum Gasteiger partial charge on any atom is 0.533 e. The van der Waals surface area contributed by atoms with E-state index in [2.05, 4.69) is 15.3 Å². The summed E-state index contributed by atoms with van der Waals surface area (Å²) < 4.78 is 4.90. The maximum absolute atomic E-state index is 11.2. The van der Waals surface area contributed by atoms with Gasteiger partial charge < -0.3 is 15.3 Å². The second-order valence-corrected chi connectivity index (χ2v) is 4.50. The molecule has 0 saturated heterocycles. The van der Waals surface area contributed by atoms with Crippen molar-refractivity contribution in [1.82, 2.24) is 5.48 Å². The Balaban J connectivity index is 2.44. The predicted octanol–water partition coefficient (Wildman–Crippen LogP) is 2.09. The molecule has 0 fully saturated rings. The Morgan fingerprint density at radius 3 is 2.44 bits per heavy atom. The molecular weight excluding hydrogens is 234 g/mol. The van der Waals surface area contributed by atoms with Gasteiger partial charge in [-0.05, 0) is 32.9 Å². The zero-order valence-corrected chi connectivity index (χ0v) is 10.6. The summed E-state index contributed by atoms with van der Waals surface area (Å²) in [5, 5.41) is 0. The van der Waals surface area contributed by atoms with E-state index in [0.29, 0.717) is 5.69 Å². The number of nitrogens with zero attached hydrogens (tertiary/aromatic N) is 1. The van der Waals surface area contributed by atoms with Crippen molar-refractivity contribution in [3.63, 3.8) is 0 Å². The van der Waals surface area contributed by atoms with Crippen molar-refractivity contribution in [2.45, 2.75) is 26.4 Å². The van der Waals surface area contributed by atoms with Crippen LogP contribution >= 0.6 is 0 Å². The van der Waals surface area contributed by atoms with Gasteiger partial charge in [0.1, 0.15) is 5.60 Å². The molecule has 1 aromatic carbocycles. The van der Waals surface area contributed by atoms with Gasteiger partial charge in [-0.15, -0.1) is 0 Å². The predicted molar refractivity (Wildman–Crippen MR) is 68.2 cm³/mol. The van der Waals surface area contributed by atoms with Gasteiger partial charge in [0.25, 0.3) is 0 Å². The van der Waals surface area contributed by atoms with Crippen molar-refractivity contribution in [2.24, 2.45) is 10.7 Å². The molecule has 0 amide bonds. The van der Waals surface area contributed by atoms with Gasteiger partial charge in [0.05, 0.1) is 5.69 Å². The van der Waals surface area contributed by atoms with E-state index < -0.39 is 11.8 Å². The van der Waals surface area contributed by atoms with Crippen molar-refractivity contribution in [1.29, 1.82) is 0 Å². The molecule has 0 aromatic heterocycles. The Morgan fingerprint density at radius 2 is 1.89 bits per heavy atom. The number of para-hydroxylation sites is 1. The Kier molecular flexibility index (Phi) is 4.53. The number of nitrogens with two attached hydrogens (primary N) is 1. The monoisotopic (exact) mass is 251 g/mol. The third-order valence-electron chi connectivity index (χ3n) is 1.63. The third-order valence-corrected chi connectivity index (χ3v) is 1.63. The van der Waals surface area contributed by atoms with Crippen LogP contribution in [0.15, 0.2) is 35.3 Å². The van der Waals surface area contributed by atoms with Crippen LogP contribution in [-0.2, 0) is 9.57 Å². The van der Waals surface area contributed by atoms with Crippen LogP contribution in [0.25, 0.3) is 0 Å². The molecule has 0 aliphatic carbocycles. The number of hydroxylamine groups is 1. The summed E-state index contributed by atoms with van der Waals surface area (Å²) in [6, 6.07) is 9.03. The minimum atomic E-state index is -0.867. The van der Waals surface area contributed by atoms with E-state index in [9.17, 15) is 4.79 Å². The summed E-state index contributed by atoms with van der Waals surface area (Å²) in [5.74, 6) is -0.0351. The molecule has 0 aliphatic heterocycles. The van der Waals surface area contributed by atoms with Crippen LogP contribution in [-0.4, -0.2) is 17.7 Å². The number of aliphatic imine (C=N–C) groups is 1. The first kappa shape index (κ1) is 13.8. The number of benzene rings is 1. The number of ether oxygens (including phenoxy) is 1. The summed E-state index contributed by atoms with van der Waals surface area (Å²) in [6.45, 7) is 5.20. The Labute approximate surface area is 106 Å². The fourth-order valence-electron chi connectivity index (χ4n) is 1.03. The van der Waals surface area contributed by atoms with Crippen molar-refractivity contribution in [3.05, 3.63) is 30.3 Å². The lowest BCUT2D eigenvalue weighted by Crippen LogP contribution is -2.35. The number of nitrogens with one attached hydrogen (secondary N) is 1. The highest BCUT2D eigenvalue weighted by molar-refractivity contribution is 5.80. The fraction of sp³-hybridized carbons (Fsp3) is 0.333. The number of hydrogen-bond donors (Lipinski definition) is 2. The fourth-order valence-corrected chi connectivity index (χ4v) is 1.03. The molecule has 98 valence electrons. The number of guanidine groups is 1. The van der Waals surface area contributed by atoms with Crippen molar-refractivity contribution >= 4 is 17.8 Å². The molecular formula is C12H17N3O3. The van der Waals surface area contributed by atoms with Gasteiger partial charge in [-0.2, -0.15) is 5.48 Å². The maximum atomic E-state index is 11.2. The summed E-state index contributed by atoms with van der Waals surface area (Å²) in [6.07, 6.45) is -0.867. The summed E-state index contributed by atoms with van der Waals surface area (Å²) in [4.78, 5) is 19.8. The second-order valence-electron chi connectivity index (χ2n) is 4.50. The number of carbonyl (C=O) groups excluding carboxylic acids is 1. The van der Waals surface area contributed by atoms with E-state index in [1.807, 2.05) is 18.2 Å². The highest BCUT2D eigenvalue weighted by atomic mass is 16.8. The van der Waals surface area contributed by atoms with Crippen LogP contribution in [0.3, 0.4) is 0 Å². The molecule has 0 bridgehead atoms. The average Bonchev–Trinajstić information content (AvgIpc) is 2.25. The largest absolute Gasteiger partial charge is 0.533 e. The zero-order valence-electron chi connectivity index (χ0n) is 10.6. The van der Waals surface area contributed by atoms with Crippen LogP contribution in [0.1, 0.15) is 20.8 Å². The first-order valence-corrected chi connectivity index (χ1v) is 5.42. The standard InChI is InChI=1S/C12H17N3O3/c1-12(2,3)17-11(16)18-15-10(13)14-9-7-5-4-6-8-9/h4-8H,1-3H3,(H3,13,14,15). The normalized spacial score (nSPS) is 11.8. The lowest BCUT2D eigenvalue weighted by molar-refractivity contribution is -0.0200. The quantitative estimate of drug-likeness (QED) is 0.345. The molecule has 1 aromatic rings. The van der Waals surface area contributed by atoms with Crippen LogP contribution in [0.2, 0.25) is 0 Å². The van der Waals surface area contributed by atoms with Crippen LogP contribution < -0.4 is 11.2 Å². The Hall–Kier alpha value is -2.24. The molecule has 6 heteroatoms. The smallest absolute Gasteiger partial charge is 0.427 e. The minimum Gasteiger partial charge on any atom is -0.427 e. The molecule has 3 N–H and O–H groups in total. The van der Waals surface area contributed by atoms with Crippen molar-refractivity contribution in [2.75, 3.05) is 0 Å². The van der Waals surface area contributed by atoms with Crippen LogP contribution in [0, 0.1) is 0 Å². The van der Waals surface area contributed by atoms with Gasteiger partial charge in [0.2, 0.25) is 5.96 Å². The molecule has 1 rings (SSSR count). The van der Waals surface area contributed by atoms with E-state index in [-0.39, 0.29) is 5.96 Å². The lowest BCUT2D eigenvalue weighted by Gasteiger charge is -2.18. The van der Waals surface area contributed by atoms with Gasteiger partial charge in [-0.25, -0.2) is 9.79 Å². The van der Waals surface area contributed by atoms with Crippen molar-refractivity contribution in [3.8, 4) is 0 Å². The average molecular weight is 251 g/mol. The highest BCUT2D eigenvalue weighted by Gasteiger charge is 2.17. The van der Waals surface area contributed by atoms with Crippen molar-refractivity contribution < 1.29 is 14.4 Å². The molecule has 18 heavy (non-hydrogen) atoms. The molecule has 0 aliphatic rings. The topological polar surface area (TPSA) is 85.9 Å². The lowest BCUT2D eigenvalue weighted by atomic mass is 10.2. The van der Waals surface area contributed by atoms with E-state index in [0.717, 1.165) is 0 Å². The van der Waals surface area contributed by atoms with Gasteiger partial charge in [-0.3, -0.25) is 0 Å². The van der Waals surface area contributed by atoms with Gasteiger partial charge in [0, 0.05) is 0 Å². The first-order chi connectivity index (χ1) is 8.37. The van der Waals surface area contributed by atoms with Crippen LogP contribution in [0.4, 0.5) is 10.5 Å².